The molecule has 0 saturated carbocycles. The minimum Gasteiger partial charge on any atom is -0.342 e. The van der Waals surface area contributed by atoms with Gasteiger partial charge in [-0.05, 0) is 28.8 Å². The van der Waals surface area contributed by atoms with Crippen molar-refractivity contribution in [2.45, 2.75) is 13.0 Å². The van der Waals surface area contributed by atoms with Gasteiger partial charge in [0.25, 0.3) is 5.91 Å². The molecule has 3 heterocycles. The minimum atomic E-state index is -0.270. The van der Waals surface area contributed by atoms with Crippen molar-refractivity contribution in [1.29, 1.82) is 0 Å². The smallest absolute Gasteiger partial charge is 0.264 e. The summed E-state index contributed by atoms with van der Waals surface area (Å²) in [5, 5.41) is 22.0. The van der Waals surface area contributed by atoms with Gasteiger partial charge in [-0.15, -0.1) is 16.4 Å². The Kier molecular flexibility index (Phi) is 3.21. The minimum absolute atomic E-state index is 0.214. The summed E-state index contributed by atoms with van der Waals surface area (Å²) in [7, 11) is 0. The predicted octanol–water partition coefficient (Wildman–Crippen LogP) is 0.333. The average molecular weight is 290 g/mol. The maximum atomic E-state index is 12.3. The molecule has 10 heteroatoms. The van der Waals surface area contributed by atoms with Crippen molar-refractivity contribution in [2.24, 2.45) is 0 Å². The van der Waals surface area contributed by atoms with E-state index in [1.807, 2.05) is 12.3 Å². The first-order chi connectivity index (χ1) is 9.75. The lowest BCUT2D eigenvalue weighted by Gasteiger charge is -2.10. The Morgan fingerprint density at radius 3 is 3.15 bits per heavy atom. The summed E-state index contributed by atoms with van der Waals surface area (Å²) in [5.74, 6) is 0.383. The molecule has 3 aromatic heterocycles. The summed E-state index contributed by atoms with van der Waals surface area (Å²) in [4.78, 5) is 16.8. The molecular weight excluding hydrogens is 280 g/mol. The van der Waals surface area contributed by atoms with Crippen molar-refractivity contribution in [3.8, 4) is 5.69 Å². The number of nitrogens with zero attached hydrogens (tertiary/aromatic N) is 6. The molecule has 0 radical (unpaired) electrons. The fraction of sp³-hybridized carbons (Fsp3) is 0.200. The van der Waals surface area contributed by atoms with Crippen LogP contribution >= 0.6 is 11.3 Å². The highest BCUT2D eigenvalue weighted by atomic mass is 32.1. The lowest BCUT2D eigenvalue weighted by atomic mass is 10.3. The van der Waals surface area contributed by atoms with Crippen LogP contribution in [0, 0.1) is 0 Å². The van der Waals surface area contributed by atoms with Gasteiger partial charge in [-0.25, -0.2) is 4.98 Å². The van der Waals surface area contributed by atoms with Crippen molar-refractivity contribution in [1.82, 2.24) is 40.7 Å². The molecule has 20 heavy (non-hydrogen) atoms. The zero-order chi connectivity index (χ0) is 13.9. The van der Waals surface area contributed by atoms with Crippen LogP contribution in [0.15, 0.2) is 24.1 Å². The number of rotatable bonds is 4. The highest BCUT2D eigenvalue weighted by Gasteiger charge is 2.19. The third-order valence-electron chi connectivity index (χ3n) is 2.64. The lowest BCUT2D eigenvalue weighted by molar-refractivity contribution is 0.0942. The molecule has 1 unspecified atom stereocenters. The Labute approximate surface area is 117 Å². The van der Waals surface area contributed by atoms with Crippen LogP contribution in [-0.2, 0) is 0 Å². The summed E-state index contributed by atoms with van der Waals surface area (Å²) in [6, 6.07) is 1.52. The van der Waals surface area contributed by atoms with E-state index in [0.29, 0.717) is 16.4 Å². The molecule has 2 N–H and O–H groups in total. The number of hydrogen-bond donors (Lipinski definition) is 2. The molecule has 0 aromatic carbocycles. The normalized spacial score (nSPS) is 12.2. The Bertz CT molecular complexity index is 689. The summed E-state index contributed by atoms with van der Waals surface area (Å²) in [6.07, 6.45) is 2.84. The van der Waals surface area contributed by atoms with Gasteiger partial charge in [-0.1, -0.05) is 0 Å². The lowest BCUT2D eigenvalue weighted by Crippen LogP contribution is -2.27. The number of carbonyl (C=O) groups excluding carboxylic acids is 1. The van der Waals surface area contributed by atoms with E-state index < -0.39 is 0 Å². The van der Waals surface area contributed by atoms with Crippen LogP contribution < -0.4 is 5.32 Å². The van der Waals surface area contributed by atoms with E-state index in [2.05, 4.69) is 36.0 Å². The van der Waals surface area contributed by atoms with Crippen LogP contribution in [0.5, 0.6) is 0 Å². The van der Waals surface area contributed by atoms with Gasteiger partial charge in [0.1, 0.15) is 23.4 Å². The Morgan fingerprint density at radius 1 is 1.55 bits per heavy atom. The van der Waals surface area contributed by atoms with Gasteiger partial charge in [0, 0.05) is 0 Å². The van der Waals surface area contributed by atoms with E-state index in [1.165, 1.54) is 28.7 Å². The van der Waals surface area contributed by atoms with Crippen LogP contribution in [0.1, 0.15) is 28.5 Å². The molecule has 3 rings (SSSR count). The highest BCUT2D eigenvalue weighted by molar-refractivity contribution is 7.12. The first kappa shape index (κ1) is 12.4. The van der Waals surface area contributed by atoms with E-state index in [1.54, 1.807) is 6.07 Å². The average Bonchev–Trinajstić information content (AvgIpc) is 3.19. The summed E-state index contributed by atoms with van der Waals surface area (Å²) in [6.45, 7) is 1.82. The van der Waals surface area contributed by atoms with Crippen molar-refractivity contribution in [2.75, 3.05) is 0 Å². The number of amides is 1. The highest BCUT2D eigenvalue weighted by Crippen LogP contribution is 2.20. The summed E-state index contributed by atoms with van der Waals surface area (Å²) >= 11 is 1.32. The number of thiophene rings is 1. The second kappa shape index (κ2) is 5.17. The first-order valence-electron chi connectivity index (χ1n) is 5.72. The monoisotopic (exact) mass is 290 g/mol. The maximum Gasteiger partial charge on any atom is 0.264 e. The predicted molar refractivity (Wildman–Crippen MR) is 69.3 cm³/mol. The van der Waals surface area contributed by atoms with Crippen molar-refractivity contribution < 1.29 is 4.79 Å². The van der Waals surface area contributed by atoms with Crippen LogP contribution in [0.4, 0.5) is 0 Å². The quantitative estimate of drug-likeness (QED) is 0.715. The third-order valence-corrected chi connectivity index (χ3v) is 3.54. The van der Waals surface area contributed by atoms with Crippen LogP contribution in [-0.4, -0.2) is 41.3 Å². The van der Waals surface area contributed by atoms with Crippen molar-refractivity contribution >= 4 is 17.2 Å². The van der Waals surface area contributed by atoms with Gasteiger partial charge in [-0.3, -0.25) is 9.89 Å². The fourth-order valence-electron chi connectivity index (χ4n) is 1.68. The molecule has 1 atom stereocenters. The van der Waals surface area contributed by atoms with E-state index in [4.69, 9.17) is 0 Å². The number of tetrazole rings is 1. The fourth-order valence-corrected chi connectivity index (χ4v) is 2.46. The van der Waals surface area contributed by atoms with Crippen LogP contribution in [0.2, 0.25) is 0 Å². The number of nitrogens with one attached hydrogen (secondary N) is 2. The molecule has 0 aliphatic heterocycles. The molecule has 0 bridgehead atoms. The largest absolute Gasteiger partial charge is 0.342 e. The summed E-state index contributed by atoms with van der Waals surface area (Å²) in [5.41, 5.74) is 0.641. The molecule has 0 aliphatic carbocycles. The number of aromatic nitrogens is 7. The number of aromatic amines is 1. The first-order valence-corrected chi connectivity index (χ1v) is 6.60. The molecule has 0 saturated heterocycles. The van der Waals surface area contributed by atoms with Gasteiger partial charge in [0.05, 0.1) is 11.7 Å². The van der Waals surface area contributed by atoms with E-state index >= 15 is 0 Å². The second-order valence-electron chi connectivity index (χ2n) is 3.96. The maximum absolute atomic E-state index is 12.3. The Balaban J connectivity index is 1.80. The van der Waals surface area contributed by atoms with Gasteiger partial charge in [0.2, 0.25) is 0 Å². The number of H-pyrrole nitrogens is 1. The van der Waals surface area contributed by atoms with Crippen molar-refractivity contribution in [3.63, 3.8) is 0 Å². The molecule has 0 spiro atoms. The third kappa shape index (κ3) is 2.28. The van der Waals surface area contributed by atoms with Crippen molar-refractivity contribution in [3.05, 3.63) is 34.8 Å². The molecular formula is C10H10N8OS. The van der Waals surface area contributed by atoms with E-state index in [-0.39, 0.29) is 11.9 Å². The van der Waals surface area contributed by atoms with Crippen LogP contribution in [0.25, 0.3) is 5.69 Å². The summed E-state index contributed by atoms with van der Waals surface area (Å²) < 4.78 is 1.45. The zero-order valence-corrected chi connectivity index (χ0v) is 11.2. The molecule has 0 fully saturated rings. The van der Waals surface area contributed by atoms with Gasteiger partial charge in [0.15, 0.2) is 0 Å². The van der Waals surface area contributed by atoms with Crippen LogP contribution in [0.3, 0.4) is 0 Å². The number of hydrogen-bond acceptors (Lipinski definition) is 7. The molecule has 3 aromatic rings. The van der Waals surface area contributed by atoms with E-state index in [0.717, 1.165) is 0 Å². The number of carbonyl (C=O) groups is 1. The molecule has 1 amide bonds. The zero-order valence-electron chi connectivity index (χ0n) is 10.4. The topological polar surface area (TPSA) is 114 Å². The van der Waals surface area contributed by atoms with E-state index in [9.17, 15) is 4.79 Å². The Hall–Kier alpha value is -2.62. The molecule has 9 nitrogen and oxygen atoms in total. The standard InChI is InChI=1S/C10H10N8OS/c1-6(9-11-4-12-15-9)14-10(19)8-7(2-3-20-8)18-5-13-16-17-18/h2-6H,1H3,(H,14,19)(H,11,12,15). The molecule has 0 aliphatic rings. The second-order valence-corrected chi connectivity index (χ2v) is 4.87. The Morgan fingerprint density at radius 2 is 2.45 bits per heavy atom. The SMILES string of the molecule is CC(NC(=O)c1sccc1-n1cnnn1)c1ncn[nH]1. The van der Waals surface area contributed by atoms with Gasteiger partial charge in [-0.2, -0.15) is 9.78 Å². The molecule has 102 valence electrons. The van der Waals surface area contributed by atoms with Gasteiger partial charge >= 0.3 is 0 Å². The van der Waals surface area contributed by atoms with Gasteiger partial charge < -0.3 is 5.32 Å².